The molecule has 0 aliphatic heterocycles. The molecule has 0 aliphatic rings. The van der Waals surface area contributed by atoms with E-state index < -0.39 is 12.8 Å². The molecule has 2 rings (SSSR count). The normalized spacial score (nSPS) is 12.0. The third kappa shape index (κ3) is 3.13. The minimum absolute atomic E-state index is 0.105. The fourth-order valence-electron chi connectivity index (χ4n) is 1.88. The Bertz CT molecular complexity index is 595. The molecular formula is C12H14F3N3O2. The minimum Gasteiger partial charge on any atom is -0.494 e. The Balaban J connectivity index is 2.12. The van der Waals surface area contributed by atoms with Crippen LogP contribution in [0.1, 0.15) is 0 Å². The van der Waals surface area contributed by atoms with Crippen molar-refractivity contribution >= 4 is 17.0 Å². The number of nitrogen functional groups attached to an aromatic ring is 1. The fourth-order valence-corrected chi connectivity index (χ4v) is 1.88. The first-order valence-corrected chi connectivity index (χ1v) is 5.85. The molecule has 1 aromatic heterocycles. The number of ether oxygens (including phenoxy) is 2. The summed E-state index contributed by atoms with van der Waals surface area (Å²) in [6.07, 6.45) is -4.33. The molecule has 0 unspecified atom stereocenters. The number of nitrogens with zero attached hydrogens (tertiary/aromatic N) is 2. The molecule has 0 atom stereocenters. The Hall–Kier alpha value is -1.96. The maximum atomic E-state index is 12.0. The molecule has 0 bridgehead atoms. The highest BCUT2D eigenvalue weighted by Gasteiger charge is 2.27. The van der Waals surface area contributed by atoms with Crippen molar-refractivity contribution in [1.82, 2.24) is 9.55 Å². The van der Waals surface area contributed by atoms with Gasteiger partial charge in [0.05, 0.1) is 19.2 Å². The lowest BCUT2D eigenvalue weighted by atomic mass is 10.3. The summed E-state index contributed by atoms with van der Waals surface area (Å²) in [5.41, 5.74) is 7.03. The van der Waals surface area contributed by atoms with Crippen molar-refractivity contribution in [3.05, 3.63) is 18.2 Å². The number of halogens is 3. The molecule has 0 saturated heterocycles. The molecule has 0 radical (unpaired) electrons. The summed E-state index contributed by atoms with van der Waals surface area (Å²) in [5.74, 6) is 0.768. The van der Waals surface area contributed by atoms with Crippen LogP contribution in [0.25, 0.3) is 11.0 Å². The number of fused-ring (bicyclic) bond motifs is 1. The molecule has 2 aromatic rings. The number of rotatable bonds is 5. The highest BCUT2D eigenvalue weighted by atomic mass is 19.4. The van der Waals surface area contributed by atoms with Crippen LogP contribution < -0.4 is 10.5 Å². The average molecular weight is 289 g/mol. The van der Waals surface area contributed by atoms with E-state index in [2.05, 4.69) is 9.72 Å². The Kier molecular flexibility index (Phi) is 4.03. The van der Waals surface area contributed by atoms with Gasteiger partial charge in [-0.25, -0.2) is 4.98 Å². The van der Waals surface area contributed by atoms with Crippen molar-refractivity contribution in [2.45, 2.75) is 12.7 Å². The first kappa shape index (κ1) is 14.4. The lowest BCUT2D eigenvalue weighted by molar-refractivity contribution is -0.174. The van der Waals surface area contributed by atoms with Gasteiger partial charge in [-0.2, -0.15) is 13.2 Å². The van der Waals surface area contributed by atoms with E-state index in [1.165, 1.54) is 7.11 Å². The van der Waals surface area contributed by atoms with E-state index in [1.54, 1.807) is 22.8 Å². The molecule has 0 amide bonds. The van der Waals surface area contributed by atoms with Gasteiger partial charge in [0.1, 0.15) is 17.9 Å². The highest BCUT2D eigenvalue weighted by molar-refractivity contribution is 5.84. The summed E-state index contributed by atoms with van der Waals surface area (Å²) in [7, 11) is 1.51. The highest BCUT2D eigenvalue weighted by Crippen LogP contribution is 2.26. The Morgan fingerprint density at radius 1 is 1.35 bits per heavy atom. The van der Waals surface area contributed by atoms with E-state index in [0.29, 0.717) is 16.8 Å². The molecular weight excluding hydrogens is 275 g/mol. The zero-order valence-corrected chi connectivity index (χ0v) is 10.8. The van der Waals surface area contributed by atoms with Crippen LogP contribution in [0.15, 0.2) is 18.2 Å². The van der Waals surface area contributed by atoms with Crippen LogP contribution in [0.3, 0.4) is 0 Å². The van der Waals surface area contributed by atoms with Gasteiger partial charge in [-0.05, 0) is 12.1 Å². The predicted octanol–water partition coefficient (Wildman–Crippen LogP) is 2.21. The molecule has 0 spiro atoms. The monoisotopic (exact) mass is 289 g/mol. The summed E-state index contributed by atoms with van der Waals surface area (Å²) in [5, 5.41) is 0. The maximum Gasteiger partial charge on any atom is 0.411 e. The second-order valence-electron chi connectivity index (χ2n) is 4.12. The lowest BCUT2D eigenvalue weighted by Gasteiger charge is -2.09. The van der Waals surface area contributed by atoms with E-state index >= 15 is 0 Å². The number of para-hydroxylation sites is 1. The van der Waals surface area contributed by atoms with Crippen LogP contribution >= 0.6 is 0 Å². The average Bonchev–Trinajstić information content (AvgIpc) is 2.69. The molecule has 5 nitrogen and oxygen atoms in total. The quantitative estimate of drug-likeness (QED) is 0.857. The molecule has 0 fully saturated rings. The van der Waals surface area contributed by atoms with Gasteiger partial charge in [0, 0.05) is 6.54 Å². The largest absolute Gasteiger partial charge is 0.494 e. The van der Waals surface area contributed by atoms with Gasteiger partial charge < -0.3 is 19.8 Å². The van der Waals surface area contributed by atoms with Crippen LogP contribution in [-0.2, 0) is 11.3 Å². The number of anilines is 1. The van der Waals surface area contributed by atoms with Crippen molar-refractivity contribution < 1.29 is 22.6 Å². The van der Waals surface area contributed by atoms with Gasteiger partial charge in [-0.3, -0.25) is 0 Å². The van der Waals surface area contributed by atoms with Gasteiger partial charge in [0.25, 0.3) is 0 Å². The Morgan fingerprint density at radius 3 is 2.75 bits per heavy atom. The van der Waals surface area contributed by atoms with Gasteiger partial charge in [-0.1, -0.05) is 6.07 Å². The second-order valence-corrected chi connectivity index (χ2v) is 4.12. The second kappa shape index (κ2) is 5.58. The van der Waals surface area contributed by atoms with Crippen LogP contribution in [0, 0.1) is 0 Å². The number of methoxy groups -OCH3 is 1. The van der Waals surface area contributed by atoms with Gasteiger partial charge in [0.2, 0.25) is 5.95 Å². The smallest absolute Gasteiger partial charge is 0.411 e. The summed E-state index contributed by atoms with van der Waals surface area (Å²) in [6, 6.07) is 5.26. The number of benzene rings is 1. The summed E-state index contributed by atoms with van der Waals surface area (Å²) in [4.78, 5) is 4.15. The summed E-state index contributed by atoms with van der Waals surface area (Å²) < 4.78 is 47.2. The van der Waals surface area contributed by atoms with Crippen molar-refractivity contribution in [3.8, 4) is 5.75 Å². The first-order chi connectivity index (χ1) is 9.42. The van der Waals surface area contributed by atoms with E-state index in [-0.39, 0.29) is 19.1 Å². The van der Waals surface area contributed by atoms with Crippen LogP contribution in [0.5, 0.6) is 5.75 Å². The molecule has 0 aliphatic carbocycles. The molecule has 1 heterocycles. The molecule has 20 heavy (non-hydrogen) atoms. The summed E-state index contributed by atoms with van der Waals surface area (Å²) in [6.45, 7) is -1.19. The summed E-state index contributed by atoms with van der Waals surface area (Å²) >= 11 is 0. The fraction of sp³-hybridized carbons (Fsp3) is 0.417. The van der Waals surface area contributed by atoms with Gasteiger partial charge in [-0.15, -0.1) is 0 Å². The van der Waals surface area contributed by atoms with Crippen molar-refractivity contribution in [3.63, 3.8) is 0 Å². The lowest BCUT2D eigenvalue weighted by Crippen LogP contribution is -2.19. The molecule has 2 N–H and O–H groups in total. The molecule has 110 valence electrons. The SMILES string of the molecule is COc1cccc2c1nc(N)n2CCOCC(F)(F)F. The molecule has 1 aromatic carbocycles. The van der Waals surface area contributed by atoms with Crippen LogP contribution in [0.4, 0.5) is 19.1 Å². The minimum atomic E-state index is -4.33. The zero-order valence-electron chi connectivity index (χ0n) is 10.8. The van der Waals surface area contributed by atoms with Crippen LogP contribution in [0.2, 0.25) is 0 Å². The number of imidazole rings is 1. The van der Waals surface area contributed by atoms with Gasteiger partial charge >= 0.3 is 6.18 Å². The Morgan fingerprint density at radius 2 is 2.10 bits per heavy atom. The van der Waals surface area contributed by atoms with Crippen LogP contribution in [-0.4, -0.2) is 36.1 Å². The predicted molar refractivity (Wildman–Crippen MR) is 67.6 cm³/mol. The number of hydrogen-bond acceptors (Lipinski definition) is 4. The third-order valence-corrected chi connectivity index (χ3v) is 2.72. The number of hydrogen-bond donors (Lipinski definition) is 1. The topological polar surface area (TPSA) is 62.3 Å². The molecule has 0 saturated carbocycles. The van der Waals surface area contributed by atoms with Gasteiger partial charge in [0.15, 0.2) is 0 Å². The first-order valence-electron chi connectivity index (χ1n) is 5.85. The van der Waals surface area contributed by atoms with E-state index in [4.69, 9.17) is 10.5 Å². The Labute approximate surface area is 113 Å². The maximum absolute atomic E-state index is 12.0. The number of nitrogens with two attached hydrogens (primary N) is 1. The van der Waals surface area contributed by atoms with E-state index in [1.807, 2.05) is 0 Å². The zero-order chi connectivity index (χ0) is 14.8. The van der Waals surface area contributed by atoms with E-state index in [0.717, 1.165) is 0 Å². The number of alkyl halides is 3. The van der Waals surface area contributed by atoms with E-state index in [9.17, 15) is 13.2 Å². The molecule has 8 heteroatoms. The standard InChI is InChI=1S/C12H14F3N3O2/c1-19-9-4-2-3-8-10(9)17-11(16)18(8)5-6-20-7-12(13,14)15/h2-4H,5-7H2,1H3,(H2,16,17). The number of aromatic nitrogens is 2. The van der Waals surface area contributed by atoms with Crippen molar-refractivity contribution in [2.24, 2.45) is 0 Å². The van der Waals surface area contributed by atoms with Crippen molar-refractivity contribution in [2.75, 3.05) is 26.1 Å². The van der Waals surface area contributed by atoms with Crippen molar-refractivity contribution in [1.29, 1.82) is 0 Å². The third-order valence-electron chi connectivity index (χ3n) is 2.72.